The summed E-state index contributed by atoms with van der Waals surface area (Å²) in [5, 5.41) is 13.5. The quantitative estimate of drug-likeness (QED) is 0.438. The standard InChI is InChI=1S/C15H14BrN3O5/c1-23-6-7-24-14-5-3-11(9-17-14)18-15(20)10-2-4-12(16)13(8-10)19(21)22/h2-5,8-9H,6-7H2,1H3,(H,18,20). The average molecular weight is 396 g/mol. The summed E-state index contributed by atoms with van der Waals surface area (Å²) in [4.78, 5) is 26.6. The van der Waals surface area contributed by atoms with Gasteiger partial charge in [-0.05, 0) is 34.1 Å². The number of ether oxygens (including phenoxy) is 2. The van der Waals surface area contributed by atoms with Gasteiger partial charge in [0.2, 0.25) is 5.88 Å². The smallest absolute Gasteiger partial charge is 0.284 e. The van der Waals surface area contributed by atoms with Crippen LogP contribution in [0.1, 0.15) is 10.4 Å². The monoisotopic (exact) mass is 395 g/mol. The third kappa shape index (κ3) is 4.74. The molecule has 8 nitrogen and oxygen atoms in total. The maximum Gasteiger partial charge on any atom is 0.284 e. The van der Waals surface area contributed by atoms with E-state index in [0.717, 1.165) is 0 Å². The summed E-state index contributed by atoms with van der Waals surface area (Å²) in [6.07, 6.45) is 1.44. The van der Waals surface area contributed by atoms with Gasteiger partial charge < -0.3 is 14.8 Å². The second-order valence-electron chi connectivity index (χ2n) is 4.60. The SMILES string of the molecule is COCCOc1ccc(NC(=O)c2ccc(Br)c([N+](=O)[O-])c2)cn1. The number of nitro groups is 1. The van der Waals surface area contributed by atoms with Crippen molar-refractivity contribution in [2.45, 2.75) is 0 Å². The molecule has 24 heavy (non-hydrogen) atoms. The fourth-order valence-electron chi connectivity index (χ4n) is 1.77. The van der Waals surface area contributed by atoms with E-state index >= 15 is 0 Å². The summed E-state index contributed by atoms with van der Waals surface area (Å²) in [7, 11) is 1.57. The summed E-state index contributed by atoms with van der Waals surface area (Å²) in [5.41, 5.74) is 0.442. The third-order valence-corrected chi connectivity index (χ3v) is 3.61. The molecule has 0 saturated heterocycles. The Balaban J connectivity index is 2.04. The van der Waals surface area contributed by atoms with E-state index in [1.165, 1.54) is 24.4 Å². The molecule has 0 aliphatic carbocycles. The number of hydrogen-bond donors (Lipinski definition) is 1. The molecule has 0 saturated carbocycles. The normalized spacial score (nSPS) is 10.2. The minimum absolute atomic E-state index is 0.172. The molecule has 0 aliphatic rings. The summed E-state index contributed by atoms with van der Waals surface area (Å²) < 4.78 is 10.5. The second-order valence-corrected chi connectivity index (χ2v) is 5.46. The van der Waals surface area contributed by atoms with E-state index in [-0.39, 0.29) is 11.3 Å². The van der Waals surface area contributed by atoms with Gasteiger partial charge in [0.05, 0.1) is 27.9 Å². The molecule has 2 rings (SSSR count). The summed E-state index contributed by atoms with van der Waals surface area (Å²) in [6.45, 7) is 0.820. The zero-order valence-electron chi connectivity index (χ0n) is 12.7. The molecule has 0 fully saturated rings. The van der Waals surface area contributed by atoms with Crippen molar-refractivity contribution >= 4 is 33.2 Å². The molecule has 126 valence electrons. The Morgan fingerprint density at radius 1 is 1.33 bits per heavy atom. The zero-order chi connectivity index (χ0) is 17.5. The largest absolute Gasteiger partial charge is 0.475 e. The minimum atomic E-state index is -0.561. The van der Waals surface area contributed by atoms with Crippen molar-refractivity contribution in [3.63, 3.8) is 0 Å². The Morgan fingerprint density at radius 2 is 2.12 bits per heavy atom. The van der Waals surface area contributed by atoms with Crippen LogP contribution in [0.5, 0.6) is 5.88 Å². The van der Waals surface area contributed by atoms with E-state index in [0.29, 0.717) is 29.3 Å². The number of hydrogen-bond acceptors (Lipinski definition) is 6. The number of halogens is 1. The summed E-state index contributed by atoms with van der Waals surface area (Å²) in [6, 6.07) is 7.38. The first-order valence-electron chi connectivity index (χ1n) is 6.84. The lowest BCUT2D eigenvalue weighted by molar-refractivity contribution is -0.385. The maximum atomic E-state index is 12.2. The Hall–Kier alpha value is -2.52. The molecular formula is C15H14BrN3O5. The first-order valence-corrected chi connectivity index (χ1v) is 7.63. The van der Waals surface area contributed by atoms with Crippen molar-refractivity contribution in [1.29, 1.82) is 0 Å². The number of benzene rings is 1. The molecule has 0 radical (unpaired) electrons. The van der Waals surface area contributed by atoms with E-state index in [1.807, 2.05) is 0 Å². The molecule has 0 spiro atoms. The number of amides is 1. The minimum Gasteiger partial charge on any atom is -0.475 e. The Labute approximate surface area is 146 Å². The lowest BCUT2D eigenvalue weighted by Gasteiger charge is -2.07. The van der Waals surface area contributed by atoms with E-state index in [9.17, 15) is 14.9 Å². The van der Waals surface area contributed by atoms with Crippen LogP contribution in [0.3, 0.4) is 0 Å². The van der Waals surface area contributed by atoms with E-state index in [2.05, 4.69) is 26.2 Å². The fraction of sp³-hybridized carbons (Fsp3) is 0.200. The predicted octanol–water partition coefficient (Wildman–Crippen LogP) is 3.03. The molecule has 0 aliphatic heterocycles. The van der Waals surface area contributed by atoms with Crippen molar-refractivity contribution in [1.82, 2.24) is 4.98 Å². The lowest BCUT2D eigenvalue weighted by Crippen LogP contribution is -2.12. The lowest BCUT2D eigenvalue weighted by atomic mass is 10.2. The van der Waals surface area contributed by atoms with Crippen LogP contribution >= 0.6 is 15.9 Å². The van der Waals surface area contributed by atoms with Gasteiger partial charge in [0.1, 0.15) is 6.61 Å². The van der Waals surface area contributed by atoms with Gasteiger partial charge in [-0.1, -0.05) is 0 Å². The average Bonchev–Trinajstić information content (AvgIpc) is 2.56. The number of anilines is 1. The maximum absolute atomic E-state index is 12.2. The number of methoxy groups -OCH3 is 1. The van der Waals surface area contributed by atoms with Gasteiger partial charge in [0, 0.05) is 24.8 Å². The van der Waals surface area contributed by atoms with Gasteiger partial charge in [-0.2, -0.15) is 0 Å². The third-order valence-electron chi connectivity index (χ3n) is 2.94. The van der Waals surface area contributed by atoms with Crippen LogP contribution in [0, 0.1) is 10.1 Å². The van der Waals surface area contributed by atoms with Gasteiger partial charge in [0.25, 0.3) is 11.6 Å². The number of carbonyl (C=O) groups is 1. The molecule has 2 aromatic rings. The number of pyridine rings is 1. The molecule has 0 atom stereocenters. The highest BCUT2D eigenvalue weighted by Crippen LogP contribution is 2.26. The number of rotatable bonds is 7. The highest BCUT2D eigenvalue weighted by molar-refractivity contribution is 9.10. The molecule has 0 bridgehead atoms. The first-order chi connectivity index (χ1) is 11.5. The first kappa shape index (κ1) is 17.8. The second kappa shape index (κ2) is 8.37. The number of nitrogens with zero attached hydrogens (tertiary/aromatic N) is 2. The van der Waals surface area contributed by atoms with Crippen molar-refractivity contribution < 1.29 is 19.2 Å². The van der Waals surface area contributed by atoms with Crippen molar-refractivity contribution in [3.8, 4) is 5.88 Å². The number of carbonyl (C=O) groups excluding carboxylic acids is 1. The van der Waals surface area contributed by atoms with Gasteiger partial charge in [-0.15, -0.1) is 0 Å². The topological polar surface area (TPSA) is 104 Å². The summed E-state index contributed by atoms with van der Waals surface area (Å²) >= 11 is 3.07. The fourth-order valence-corrected chi connectivity index (χ4v) is 2.16. The van der Waals surface area contributed by atoms with Crippen LogP contribution in [-0.4, -0.2) is 36.1 Å². The van der Waals surface area contributed by atoms with E-state index < -0.39 is 10.8 Å². The Bertz CT molecular complexity index is 736. The zero-order valence-corrected chi connectivity index (χ0v) is 14.3. The van der Waals surface area contributed by atoms with Gasteiger partial charge in [0.15, 0.2) is 0 Å². The number of nitro benzene ring substituents is 1. The molecule has 1 amide bonds. The number of nitrogens with one attached hydrogen (secondary N) is 1. The summed E-state index contributed by atoms with van der Waals surface area (Å²) in [5.74, 6) is -0.0650. The number of aromatic nitrogens is 1. The predicted molar refractivity (Wildman–Crippen MR) is 90.4 cm³/mol. The molecule has 0 unspecified atom stereocenters. The molecular weight excluding hydrogens is 382 g/mol. The molecule has 1 N–H and O–H groups in total. The van der Waals surface area contributed by atoms with Crippen molar-refractivity contribution in [2.75, 3.05) is 25.6 Å². The molecule has 1 aromatic carbocycles. The Morgan fingerprint density at radius 3 is 2.75 bits per heavy atom. The van der Waals surface area contributed by atoms with E-state index in [1.54, 1.807) is 19.2 Å². The molecule has 9 heteroatoms. The van der Waals surface area contributed by atoms with Gasteiger partial charge >= 0.3 is 0 Å². The van der Waals surface area contributed by atoms with Crippen molar-refractivity contribution in [2.24, 2.45) is 0 Å². The van der Waals surface area contributed by atoms with Crippen LogP contribution in [0.2, 0.25) is 0 Å². The molecule has 1 heterocycles. The van der Waals surface area contributed by atoms with Crippen LogP contribution in [0.25, 0.3) is 0 Å². The molecule has 1 aromatic heterocycles. The van der Waals surface area contributed by atoms with Gasteiger partial charge in [-0.25, -0.2) is 4.98 Å². The Kier molecular flexibility index (Phi) is 6.21. The van der Waals surface area contributed by atoms with Crippen LogP contribution in [0.4, 0.5) is 11.4 Å². The van der Waals surface area contributed by atoms with Crippen LogP contribution in [0.15, 0.2) is 41.0 Å². The van der Waals surface area contributed by atoms with E-state index in [4.69, 9.17) is 9.47 Å². The highest BCUT2D eigenvalue weighted by Gasteiger charge is 2.16. The van der Waals surface area contributed by atoms with Crippen molar-refractivity contribution in [3.05, 3.63) is 56.7 Å². The van der Waals surface area contributed by atoms with Crippen LogP contribution in [-0.2, 0) is 4.74 Å². The van der Waals surface area contributed by atoms with Crippen LogP contribution < -0.4 is 10.1 Å². The highest BCUT2D eigenvalue weighted by atomic mass is 79.9. The van der Waals surface area contributed by atoms with Gasteiger partial charge in [-0.3, -0.25) is 14.9 Å².